The number of nitrogens with zero attached hydrogens (tertiary/aromatic N) is 2. The van der Waals surface area contributed by atoms with Crippen LogP contribution in [0.1, 0.15) is 25.0 Å². The van der Waals surface area contributed by atoms with E-state index in [0.29, 0.717) is 0 Å². The Morgan fingerprint density at radius 1 is 0.406 bits per heavy atom. The van der Waals surface area contributed by atoms with Gasteiger partial charge in [-0.15, -0.1) is 11.3 Å². The van der Waals surface area contributed by atoms with E-state index in [2.05, 4.69) is 242 Å². The summed E-state index contributed by atoms with van der Waals surface area (Å²) in [5, 5.41) is 7.69. The third kappa shape index (κ3) is 5.51. The minimum absolute atomic E-state index is 0.122. The maximum Gasteiger partial charge on any atom is 0.0634 e. The third-order valence-electron chi connectivity index (χ3n) is 13.8. The van der Waals surface area contributed by atoms with Crippen molar-refractivity contribution < 1.29 is 0 Å². The van der Waals surface area contributed by atoms with E-state index in [1.54, 1.807) is 0 Å². The predicted molar refractivity (Wildman–Crippen MR) is 274 cm³/mol. The van der Waals surface area contributed by atoms with Gasteiger partial charge in [-0.2, -0.15) is 0 Å². The minimum atomic E-state index is -0.122. The molecule has 302 valence electrons. The lowest BCUT2D eigenvalue weighted by molar-refractivity contribution is 0.660. The molecule has 0 saturated carbocycles. The molecule has 0 bridgehead atoms. The molecule has 10 aromatic carbocycles. The van der Waals surface area contributed by atoms with Crippen LogP contribution in [0.3, 0.4) is 0 Å². The van der Waals surface area contributed by atoms with E-state index in [4.69, 9.17) is 0 Å². The molecule has 0 spiro atoms. The number of hydrogen-bond acceptors (Lipinski definition) is 2. The molecule has 0 N–H and O–H groups in total. The standard InChI is InChI=1S/C61H42N2S/c1-61(2)53-25-15-14-22-47(53)48-34-31-46(38-54(48)61)62(44-29-26-41(27-30-44)39-16-6-3-7-17-39)45-32-35-56-52(37-45)57-49-23-12-13-24-50(49)59-58(60(57)64-56)51-33-28-42(40-18-8-4-9-19-40)36-55(51)63(59)43-20-10-5-11-21-43/h3-38H,1-2H3. The summed E-state index contributed by atoms with van der Waals surface area (Å²) in [5.74, 6) is 0. The van der Waals surface area contributed by atoms with Crippen LogP contribution in [0.2, 0.25) is 0 Å². The number of anilines is 3. The Morgan fingerprint density at radius 2 is 0.984 bits per heavy atom. The van der Waals surface area contributed by atoms with E-state index in [1.807, 2.05) is 11.3 Å². The van der Waals surface area contributed by atoms with Crippen molar-refractivity contribution in [2.45, 2.75) is 19.3 Å². The van der Waals surface area contributed by atoms with Crippen molar-refractivity contribution in [3.05, 3.63) is 230 Å². The molecule has 64 heavy (non-hydrogen) atoms. The van der Waals surface area contributed by atoms with Gasteiger partial charge in [0, 0.05) is 64.5 Å². The summed E-state index contributed by atoms with van der Waals surface area (Å²) in [7, 11) is 0. The maximum atomic E-state index is 2.50. The van der Waals surface area contributed by atoms with Crippen molar-refractivity contribution in [1.82, 2.24) is 4.57 Å². The van der Waals surface area contributed by atoms with Crippen LogP contribution in [0.5, 0.6) is 0 Å². The van der Waals surface area contributed by atoms with Gasteiger partial charge in [0.2, 0.25) is 0 Å². The largest absolute Gasteiger partial charge is 0.310 e. The quantitative estimate of drug-likeness (QED) is 0.162. The zero-order chi connectivity index (χ0) is 42.5. The first-order valence-electron chi connectivity index (χ1n) is 22.2. The highest BCUT2D eigenvalue weighted by Crippen LogP contribution is 2.52. The SMILES string of the molecule is CC1(C)c2ccccc2-c2ccc(N(c3ccc(-c4ccccc4)cc3)c3ccc4sc5c(c4c3)c3ccccc3c3c5c4ccc(-c5ccccc5)cc4n3-c3ccccc3)cc21. The summed E-state index contributed by atoms with van der Waals surface area (Å²) >= 11 is 1.92. The van der Waals surface area contributed by atoms with Crippen LogP contribution < -0.4 is 4.90 Å². The van der Waals surface area contributed by atoms with E-state index in [-0.39, 0.29) is 5.41 Å². The van der Waals surface area contributed by atoms with E-state index >= 15 is 0 Å². The van der Waals surface area contributed by atoms with Gasteiger partial charge in [0.15, 0.2) is 0 Å². The van der Waals surface area contributed by atoms with Gasteiger partial charge in [-0.3, -0.25) is 0 Å². The van der Waals surface area contributed by atoms with Crippen molar-refractivity contribution in [3.8, 4) is 39.1 Å². The van der Waals surface area contributed by atoms with Gasteiger partial charge in [0.05, 0.1) is 11.0 Å². The van der Waals surface area contributed by atoms with E-state index < -0.39 is 0 Å². The molecule has 2 heterocycles. The van der Waals surface area contributed by atoms with Crippen LogP contribution in [-0.2, 0) is 5.41 Å². The molecule has 0 aliphatic heterocycles. The Kier molecular flexibility index (Phi) is 8.16. The fraction of sp³-hybridized carbons (Fsp3) is 0.0492. The van der Waals surface area contributed by atoms with Crippen LogP contribution >= 0.6 is 11.3 Å². The summed E-state index contributed by atoms with van der Waals surface area (Å²) in [6, 6.07) is 80.7. The Hall–Kier alpha value is -7.72. The van der Waals surface area contributed by atoms with Crippen LogP contribution in [-0.4, -0.2) is 4.57 Å². The molecule has 1 aliphatic rings. The molecule has 2 aromatic heterocycles. The first kappa shape index (κ1) is 36.9. The summed E-state index contributed by atoms with van der Waals surface area (Å²) in [6.45, 7) is 4.74. The predicted octanol–water partition coefficient (Wildman–Crippen LogP) is 17.4. The van der Waals surface area contributed by atoms with E-state index in [9.17, 15) is 0 Å². The Labute approximate surface area is 376 Å². The lowest BCUT2D eigenvalue weighted by Gasteiger charge is -2.28. The molecule has 0 fully saturated rings. The van der Waals surface area contributed by atoms with Crippen molar-refractivity contribution in [3.63, 3.8) is 0 Å². The summed E-state index contributed by atoms with van der Waals surface area (Å²) in [5.41, 5.74) is 17.2. The smallest absolute Gasteiger partial charge is 0.0634 e. The molecule has 0 amide bonds. The molecule has 1 aliphatic carbocycles. The number of para-hydroxylation sites is 1. The fourth-order valence-corrected chi connectivity index (χ4v) is 12.0. The topological polar surface area (TPSA) is 8.17 Å². The lowest BCUT2D eigenvalue weighted by Crippen LogP contribution is -2.16. The second-order valence-corrected chi connectivity index (χ2v) is 18.7. The Balaban J connectivity index is 1.07. The third-order valence-corrected chi connectivity index (χ3v) is 14.9. The van der Waals surface area contributed by atoms with Gasteiger partial charge < -0.3 is 9.47 Å². The molecule has 13 rings (SSSR count). The zero-order valence-corrected chi connectivity index (χ0v) is 36.4. The summed E-state index contributed by atoms with van der Waals surface area (Å²) in [6.07, 6.45) is 0. The van der Waals surface area contributed by atoms with Gasteiger partial charge in [0.25, 0.3) is 0 Å². The van der Waals surface area contributed by atoms with Gasteiger partial charge in [-0.05, 0) is 111 Å². The second-order valence-electron chi connectivity index (χ2n) is 17.7. The van der Waals surface area contributed by atoms with Crippen LogP contribution in [0.25, 0.3) is 91.8 Å². The van der Waals surface area contributed by atoms with Gasteiger partial charge in [-0.25, -0.2) is 0 Å². The Morgan fingerprint density at radius 3 is 1.75 bits per heavy atom. The first-order valence-corrected chi connectivity index (χ1v) is 23.0. The average Bonchev–Trinajstić information content (AvgIpc) is 3.98. The highest BCUT2D eigenvalue weighted by molar-refractivity contribution is 7.27. The molecule has 0 atom stereocenters. The fourth-order valence-electron chi connectivity index (χ4n) is 10.7. The second kappa shape index (κ2) is 14.2. The molecule has 2 nitrogen and oxygen atoms in total. The van der Waals surface area contributed by atoms with Crippen molar-refractivity contribution in [1.29, 1.82) is 0 Å². The molecule has 0 radical (unpaired) electrons. The zero-order valence-electron chi connectivity index (χ0n) is 35.6. The van der Waals surface area contributed by atoms with Crippen LogP contribution in [0, 0.1) is 0 Å². The first-order chi connectivity index (χ1) is 31.5. The summed E-state index contributed by atoms with van der Waals surface area (Å²) < 4.78 is 5.11. The van der Waals surface area contributed by atoms with Crippen molar-refractivity contribution >= 4 is 81.1 Å². The van der Waals surface area contributed by atoms with E-state index in [0.717, 1.165) is 22.7 Å². The summed E-state index contributed by atoms with van der Waals surface area (Å²) in [4.78, 5) is 2.46. The van der Waals surface area contributed by atoms with Crippen molar-refractivity contribution in [2.24, 2.45) is 0 Å². The molecular weight excluding hydrogens is 793 g/mol. The van der Waals surface area contributed by atoms with Gasteiger partial charge in [-0.1, -0.05) is 172 Å². The van der Waals surface area contributed by atoms with Crippen LogP contribution in [0.15, 0.2) is 218 Å². The Bertz CT molecular complexity index is 3780. The van der Waals surface area contributed by atoms with Crippen LogP contribution in [0.4, 0.5) is 17.1 Å². The molecular formula is C61H42N2S. The van der Waals surface area contributed by atoms with E-state index in [1.165, 1.54) is 97.3 Å². The monoisotopic (exact) mass is 834 g/mol. The number of fused-ring (bicyclic) bond motifs is 13. The van der Waals surface area contributed by atoms with Gasteiger partial charge in [0.1, 0.15) is 0 Å². The highest BCUT2D eigenvalue weighted by atomic mass is 32.1. The highest BCUT2D eigenvalue weighted by Gasteiger charge is 2.36. The minimum Gasteiger partial charge on any atom is -0.310 e. The number of thiophene rings is 1. The number of rotatable bonds is 6. The molecule has 0 saturated heterocycles. The lowest BCUT2D eigenvalue weighted by atomic mass is 9.82. The molecule has 12 aromatic rings. The maximum absolute atomic E-state index is 2.50. The molecule has 3 heteroatoms. The normalized spacial score (nSPS) is 13.0. The van der Waals surface area contributed by atoms with Crippen molar-refractivity contribution in [2.75, 3.05) is 4.90 Å². The average molecular weight is 835 g/mol. The van der Waals surface area contributed by atoms with Gasteiger partial charge >= 0.3 is 0 Å². The molecule has 0 unspecified atom stereocenters. The number of benzene rings is 10. The number of hydrogen-bond donors (Lipinski definition) is 0. The number of aromatic nitrogens is 1.